The molecule has 2 nitrogen and oxygen atoms in total. The van der Waals surface area contributed by atoms with Gasteiger partial charge in [0.2, 0.25) is 0 Å². The molecule has 0 heterocycles. The minimum atomic E-state index is 0.687. The fourth-order valence-electron chi connectivity index (χ4n) is 3.60. The lowest BCUT2D eigenvalue weighted by Crippen LogP contribution is -2.13. The quantitative estimate of drug-likeness (QED) is 0.392. The van der Waals surface area contributed by atoms with Gasteiger partial charge in [0.1, 0.15) is 0 Å². The number of hydrogen-bond acceptors (Lipinski definition) is 2. The van der Waals surface area contributed by atoms with Gasteiger partial charge in [-0.05, 0) is 87.0 Å². The molecular formula is C22H31NO. The van der Waals surface area contributed by atoms with E-state index < -0.39 is 0 Å². The largest absolute Gasteiger partial charge is 0.502 e. The molecule has 0 radical (unpaired) electrons. The molecule has 1 aliphatic carbocycles. The molecule has 24 heavy (non-hydrogen) atoms. The van der Waals surface area contributed by atoms with Crippen molar-refractivity contribution < 1.29 is 4.74 Å². The highest BCUT2D eigenvalue weighted by Gasteiger charge is 2.21. The monoisotopic (exact) mass is 325 g/mol. The molecule has 0 aliphatic heterocycles. The van der Waals surface area contributed by atoms with Crippen LogP contribution in [0.15, 0.2) is 36.6 Å². The topological polar surface area (TPSA) is 33.0 Å². The summed E-state index contributed by atoms with van der Waals surface area (Å²) >= 11 is 0. The first-order chi connectivity index (χ1) is 11.8. The molecule has 1 aliphatic rings. The van der Waals surface area contributed by atoms with E-state index in [1.165, 1.54) is 56.9 Å². The van der Waals surface area contributed by atoms with Crippen molar-refractivity contribution in [2.24, 2.45) is 5.92 Å². The number of unbranched alkanes of at least 4 members (excludes halogenated alkanes) is 2. The van der Waals surface area contributed by atoms with E-state index in [0.29, 0.717) is 5.92 Å². The maximum atomic E-state index is 8.88. The van der Waals surface area contributed by atoms with Crippen LogP contribution in [0.1, 0.15) is 81.8 Å². The van der Waals surface area contributed by atoms with E-state index >= 15 is 0 Å². The SMILES string of the molecule is CCCCC=COCCCC1CCC(c2ccc(C#N)cc2)CC1. The molecule has 0 unspecified atom stereocenters. The van der Waals surface area contributed by atoms with E-state index in [4.69, 9.17) is 10.00 Å². The highest BCUT2D eigenvalue weighted by molar-refractivity contribution is 5.33. The molecule has 0 N–H and O–H groups in total. The molecule has 1 aromatic rings. The summed E-state index contributed by atoms with van der Waals surface area (Å²) in [6.45, 7) is 3.07. The van der Waals surface area contributed by atoms with Gasteiger partial charge in [-0.15, -0.1) is 0 Å². The van der Waals surface area contributed by atoms with Gasteiger partial charge in [-0.1, -0.05) is 25.5 Å². The highest BCUT2D eigenvalue weighted by Crippen LogP contribution is 2.37. The Kier molecular flexibility index (Phi) is 8.46. The molecule has 130 valence electrons. The van der Waals surface area contributed by atoms with E-state index in [1.54, 1.807) is 0 Å². The normalized spacial score (nSPS) is 20.8. The zero-order valence-corrected chi connectivity index (χ0v) is 15.0. The Balaban J connectivity index is 1.59. The van der Waals surface area contributed by atoms with Crippen LogP contribution in [0.5, 0.6) is 0 Å². The summed E-state index contributed by atoms with van der Waals surface area (Å²) in [7, 11) is 0. The van der Waals surface area contributed by atoms with E-state index in [2.05, 4.69) is 31.2 Å². The smallest absolute Gasteiger partial charge is 0.0991 e. The second-order valence-electron chi connectivity index (χ2n) is 6.98. The third-order valence-electron chi connectivity index (χ3n) is 5.15. The summed E-state index contributed by atoms with van der Waals surface area (Å²) in [5.74, 6) is 1.55. The van der Waals surface area contributed by atoms with Crippen molar-refractivity contribution in [2.45, 2.75) is 70.6 Å². The van der Waals surface area contributed by atoms with Gasteiger partial charge in [-0.25, -0.2) is 0 Å². The lowest BCUT2D eigenvalue weighted by atomic mass is 9.77. The van der Waals surface area contributed by atoms with Gasteiger partial charge in [0, 0.05) is 0 Å². The molecule has 1 fully saturated rings. The van der Waals surface area contributed by atoms with Gasteiger partial charge in [0.15, 0.2) is 0 Å². The second kappa shape index (κ2) is 10.9. The highest BCUT2D eigenvalue weighted by atomic mass is 16.5. The first-order valence-corrected chi connectivity index (χ1v) is 9.60. The molecule has 0 spiro atoms. The van der Waals surface area contributed by atoms with Crippen molar-refractivity contribution in [3.05, 3.63) is 47.7 Å². The molecule has 0 amide bonds. The minimum Gasteiger partial charge on any atom is -0.502 e. The zero-order valence-electron chi connectivity index (χ0n) is 15.0. The van der Waals surface area contributed by atoms with E-state index in [1.807, 2.05) is 18.4 Å². The van der Waals surface area contributed by atoms with Crippen molar-refractivity contribution in [3.8, 4) is 6.07 Å². The first-order valence-electron chi connectivity index (χ1n) is 9.60. The fraction of sp³-hybridized carbons (Fsp3) is 0.591. The van der Waals surface area contributed by atoms with Crippen molar-refractivity contribution >= 4 is 0 Å². The summed E-state index contributed by atoms with van der Waals surface area (Å²) in [6, 6.07) is 10.4. The Morgan fingerprint density at radius 1 is 1.12 bits per heavy atom. The Morgan fingerprint density at radius 2 is 1.88 bits per heavy atom. The molecule has 1 saturated carbocycles. The van der Waals surface area contributed by atoms with Gasteiger partial charge >= 0.3 is 0 Å². The van der Waals surface area contributed by atoms with Crippen LogP contribution < -0.4 is 0 Å². The van der Waals surface area contributed by atoms with Gasteiger partial charge in [0.05, 0.1) is 24.5 Å². The summed E-state index contributed by atoms with van der Waals surface area (Å²) in [6.07, 6.45) is 15.4. The standard InChI is InChI=1S/C22H31NO/c1-2-3-4-5-16-24-17-6-7-19-8-12-21(13-9-19)22-14-10-20(18-23)11-15-22/h5,10-11,14-16,19,21H,2-4,6-9,12-13,17H2,1H3. The summed E-state index contributed by atoms with van der Waals surface area (Å²) in [4.78, 5) is 0. The Labute approximate surface area is 147 Å². The fourth-order valence-corrected chi connectivity index (χ4v) is 3.60. The number of rotatable bonds is 9. The third kappa shape index (κ3) is 6.40. The zero-order chi connectivity index (χ0) is 17.0. The molecule has 0 aromatic heterocycles. The van der Waals surface area contributed by atoms with Gasteiger partial charge < -0.3 is 4.74 Å². The third-order valence-corrected chi connectivity index (χ3v) is 5.15. The van der Waals surface area contributed by atoms with Crippen LogP contribution in [0.4, 0.5) is 0 Å². The minimum absolute atomic E-state index is 0.687. The van der Waals surface area contributed by atoms with Crippen LogP contribution in [0.3, 0.4) is 0 Å². The summed E-state index contributed by atoms with van der Waals surface area (Å²) in [5, 5.41) is 8.88. The van der Waals surface area contributed by atoms with Crippen molar-refractivity contribution in [2.75, 3.05) is 6.61 Å². The molecule has 2 rings (SSSR count). The van der Waals surface area contributed by atoms with Gasteiger partial charge in [0.25, 0.3) is 0 Å². The predicted molar refractivity (Wildman–Crippen MR) is 99.7 cm³/mol. The maximum absolute atomic E-state index is 8.88. The lowest BCUT2D eigenvalue weighted by Gasteiger charge is -2.28. The molecule has 0 atom stereocenters. The Bertz CT molecular complexity index is 518. The summed E-state index contributed by atoms with van der Waals surface area (Å²) < 4.78 is 5.58. The first kappa shape index (κ1) is 18.6. The lowest BCUT2D eigenvalue weighted by molar-refractivity contribution is 0.219. The van der Waals surface area contributed by atoms with Crippen LogP contribution in [-0.2, 0) is 4.74 Å². The van der Waals surface area contributed by atoms with Gasteiger partial charge in [-0.2, -0.15) is 5.26 Å². The van der Waals surface area contributed by atoms with Crippen LogP contribution in [0, 0.1) is 17.2 Å². The number of nitrogens with zero attached hydrogens (tertiary/aromatic N) is 1. The average molecular weight is 325 g/mol. The number of benzene rings is 1. The maximum Gasteiger partial charge on any atom is 0.0991 e. The molecular weight excluding hydrogens is 294 g/mol. The van der Waals surface area contributed by atoms with Crippen molar-refractivity contribution in [1.82, 2.24) is 0 Å². The molecule has 1 aromatic carbocycles. The predicted octanol–water partition coefficient (Wildman–Crippen LogP) is 6.33. The Morgan fingerprint density at radius 3 is 2.54 bits per heavy atom. The Hall–Kier alpha value is -1.75. The number of hydrogen-bond donors (Lipinski definition) is 0. The van der Waals surface area contributed by atoms with Crippen LogP contribution in [0.2, 0.25) is 0 Å². The number of allylic oxidation sites excluding steroid dienone is 1. The van der Waals surface area contributed by atoms with Crippen molar-refractivity contribution in [1.29, 1.82) is 5.26 Å². The van der Waals surface area contributed by atoms with Gasteiger partial charge in [-0.3, -0.25) is 0 Å². The summed E-state index contributed by atoms with van der Waals surface area (Å²) in [5.41, 5.74) is 2.17. The van der Waals surface area contributed by atoms with E-state index in [-0.39, 0.29) is 0 Å². The van der Waals surface area contributed by atoms with Crippen LogP contribution in [0.25, 0.3) is 0 Å². The van der Waals surface area contributed by atoms with E-state index in [0.717, 1.165) is 24.5 Å². The number of ether oxygens (including phenoxy) is 1. The molecule has 2 heteroatoms. The number of nitriles is 1. The van der Waals surface area contributed by atoms with Crippen LogP contribution in [-0.4, -0.2) is 6.61 Å². The molecule has 0 saturated heterocycles. The van der Waals surface area contributed by atoms with Crippen LogP contribution >= 0.6 is 0 Å². The average Bonchev–Trinajstić information content (AvgIpc) is 2.64. The van der Waals surface area contributed by atoms with Crippen molar-refractivity contribution in [3.63, 3.8) is 0 Å². The molecule has 0 bridgehead atoms. The van der Waals surface area contributed by atoms with E-state index in [9.17, 15) is 0 Å². The second-order valence-corrected chi connectivity index (χ2v) is 6.98.